The minimum atomic E-state index is -1.06. The van der Waals surface area contributed by atoms with E-state index in [1.54, 1.807) is 10.7 Å². The van der Waals surface area contributed by atoms with Crippen molar-refractivity contribution in [3.8, 4) is 22.7 Å². The van der Waals surface area contributed by atoms with Crippen molar-refractivity contribution in [1.29, 1.82) is 0 Å². The maximum absolute atomic E-state index is 11.4. The Morgan fingerprint density at radius 1 is 1.17 bits per heavy atom. The molecule has 3 aromatic rings. The minimum absolute atomic E-state index is 0.00289. The van der Waals surface area contributed by atoms with Crippen LogP contribution in [0.3, 0.4) is 0 Å². The summed E-state index contributed by atoms with van der Waals surface area (Å²) in [5.41, 5.74) is 3.41. The quantitative estimate of drug-likeness (QED) is 0.772. The summed E-state index contributed by atoms with van der Waals surface area (Å²) >= 11 is 0. The molecule has 0 radical (unpaired) electrons. The maximum Gasteiger partial charge on any atom is 0.356 e. The summed E-state index contributed by atoms with van der Waals surface area (Å²) in [7, 11) is 0. The average molecular weight is 322 g/mol. The van der Waals surface area contributed by atoms with Crippen molar-refractivity contribution in [1.82, 2.24) is 9.78 Å². The average Bonchev–Trinajstić information content (AvgIpc) is 3.02. The van der Waals surface area contributed by atoms with E-state index in [0.717, 1.165) is 16.8 Å². The van der Waals surface area contributed by atoms with Gasteiger partial charge in [-0.3, -0.25) is 0 Å². The molecule has 2 aromatic carbocycles. The van der Waals surface area contributed by atoms with E-state index in [0.29, 0.717) is 18.1 Å². The Labute approximate surface area is 140 Å². The Morgan fingerprint density at radius 2 is 1.88 bits per heavy atom. The molecule has 0 atom stereocenters. The number of nitrogens with zero attached hydrogens (tertiary/aromatic N) is 2. The van der Waals surface area contributed by atoms with Crippen molar-refractivity contribution in [3.63, 3.8) is 0 Å². The van der Waals surface area contributed by atoms with E-state index < -0.39 is 5.97 Å². The molecule has 5 nitrogen and oxygen atoms in total. The van der Waals surface area contributed by atoms with Crippen LogP contribution in [0.5, 0.6) is 5.75 Å². The van der Waals surface area contributed by atoms with E-state index in [2.05, 4.69) is 5.10 Å². The number of carboxylic acid groups (broad SMARTS) is 1. The van der Waals surface area contributed by atoms with Crippen LogP contribution < -0.4 is 4.74 Å². The van der Waals surface area contributed by atoms with Gasteiger partial charge in [0.15, 0.2) is 5.69 Å². The molecule has 3 rings (SSSR count). The molecule has 0 fully saturated rings. The topological polar surface area (TPSA) is 64.3 Å². The molecule has 0 spiro atoms. The molecular weight excluding hydrogens is 304 g/mol. The molecule has 1 N–H and O–H groups in total. The number of ether oxygens (including phenoxy) is 1. The van der Waals surface area contributed by atoms with Gasteiger partial charge in [-0.25, -0.2) is 9.48 Å². The zero-order valence-electron chi connectivity index (χ0n) is 13.6. The Morgan fingerprint density at radius 3 is 2.54 bits per heavy atom. The molecule has 0 unspecified atom stereocenters. The Balaban J connectivity index is 2.20. The van der Waals surface area contributed by atoms with Gasteiger partial charge in [-0.05, 0) is 44.2 Å². The zero-order valence-corrected chi connectivity index (χ0v) is 13.6. The third-order valence-corrected chi connectivity index (χ3v) is 3.67. The van der Waals surface area contributed by atoms with Crippen LogP contribution in [0.15, 0.2) is 54.6 Å². The predicted molar refractivity (Wildman–Crippen MR) is 91.9 cm³/mol. The van der Waals surface area contributed by atoms with Gasteiger partial charge < -0.3 is 9.84 Å². The van der Waals surface area contributed by atoms with Crippen molar-refractivity contribution >= 4 is 5.97 Å². The third-order valence-electron chi connectivity index (χ3n) is 3.67. The standard InChI is InChI=1S/C19H18N2O3/c1-3-24-18-7-5-4-6-15(18)17-12-16(19(22)23)20-21(17)14-10-8-13(2)9-11-14/h4-12H,3H2,1-2H3,(H,22,23). The van der Waals surface area contributed by atoms with Crippen molar-refractivity contribution in [2.75, 3.05) is 6.61 Å². The lowest BCUT2D eigenvalue weighted by atomic mass is 10.1. The number of aromatic nitrogens is 2. The number of hydrogen-bond acceptors (Lipinski definition) is 3. The maximum atomic E-state index is 11.4. The molecule has 0 saturated carbocycles. The zero-order chi connectivity index (χ0) is 17.1. The van der Waals surface area contributed by atoms with Crippen molar-refractivity contribution < 1.29 is 14.6 Å². The fourth-order valence-electron chi connectivity index (χ4n) is 2.52. The number of para-hydroxylation sites is 1. The fraction of sp³-hybridized carbons (Fsp3) is 0.158. The van der Waals surface area contributed by atoms with Gasteiger partial charge in [-0.2, -0.15) is 5.10 Å². The minimum Gasteiger partial charge on any atom is -0.493 e. The molecule has 1 aromatic heterocycles. The Bertz CT molecular complexity index is 867. The van der Waals surface area contributed by atoms with E-state index in [-0.39, 0.29) is 5.69 Å². The first-order chi connectivity index (χ1) is 11.6. The van der Waals surface area contributed by atoms with Crippen LogP contribution in [0.2, 0.25) is 0 Å². The molecule has 0 saturated heterocycles. The number of aryl methyl sites for hydroxylation is 1. The summed E-state index contributed by atoms with van der Waals surface area (Å²) < 4.78 is 7.32. The van der Waals surface area contributed by atoms with Gasteiger partial charge in [0.25, 0.3) is 0 Å². The van der Waals surface area contributed by atoms with Gasteiger partial charge in [0, 0.05) is 5.56 Å². The van der Waals surface area contributed by atoms with Gasteiger partial charge in [-0.1, -0.05) is 29.8 Å². The second-order valence-corrected chi connectivity index (χ2v) is 5.40. The molecule has 0 amide bonds. The highest BCUT2D eigenvalue weighted by molar-refractivity contribution is 5.87. The molecule has 5 heteroatoms. The third kappa shape index (κ3) is 3.01. The molecule has 122 valence electrons. The number of benzene rings is 2. The monoisotopic (exact) mass is 322 g/mol. The summed E-state index contributed by atoms with van der Waals surface area (Å²) in [5, 5.41) is 13.6. The van der Waals surface area contributed by atoms with Crippen LogP contribution in [0.25, 0.3) is 16.9 Å². The first-order valence-electron chi connectivity index (χ1n) is 7.72. The summed E-state index contributed by atoms with van der Waals surface area (Å²) in [4.78, 5) is 11.4. The largest absolute Gasteiger partial charge is 0.493 e. The Kier molecular flexibility index (Phi) is 4.33. The molecule has 0 aliphatic carbocycles. The van der Waals surface area contributed by atoms with Gasteiger partial charge >= 0.3 is 5.97 Å². The van der Waals surface area contributed by atoms with Crippen LogP contribution in [0.1, 0.15) is 23.0 Å². The van der Waals surface area contributed by atoms with Crippen LogP contribution in [-0.4, -0.2) is 27.5 Å². The van der Waals surface area contributed by atoms with Crippen molar-refractivity contribution in [2.24, 2.45) is 0 Å². The normalized spacial score (nSPS) is 10.6. The number of rotatable bonds is 5. The smallest absolute Gasteiger partial charge is 0.356 e. The lowest BCUT2D eigenvalue weighted by molar-refractivity contribution is 0.0690. The molecule has 1 heterocycles. The number of aromatic carboxylic acids is 1. The highest BCUT2D eigenvalue weighted by Gasteiger charge is 2.18. The number of carboxylic acids is 1. The van der Waals surface area contributed by atoms with Crippen LogP contribution >= 0.6 is 0 Å². The number of carbonyl (C=O) groups is 1. The molecule has 0 bridgehead atoms. The van der Waals surface area contributed by atoms with Crippen LogP contribution in [0, 0.1) is 6.92 Å². The van der Waals surface area contributed by atoms with E-state index in [9.17, 15) is 9.90 Å². The van der Waals surface area contributed by atoms with E-state index >= 15 is 0 Å². The number of hydrogen-bond donors (Lipinski definition) is 1. The van der Waals surface area contributed by atoms with Gasteiger partial charge in [0.1, 0.15) is 5.75 Å². The van der Waals surface area contributed by atoms with Crippen molar-refractivity contribution in [3.05, 3.63) is 65.9 Å². The molecule has 24 heavy (non-hydrogen) atoms. The fourth-order valence-corrected chi connectivity index (χ4v) is 2.52. The van der Waals surface area contributed by atoms with E-state index in [4.69, 9.17) is 4.74 Å². The van der Waals surface area contributed by atoms with Gasteiger partial charge in [-0.15, -0.1) is 0 Å². The summed E-state index contributed by atoms with van der Waals surface area (Å²) in [5.74, 6) is -0.360. The summed E-state index contributed by atoms with van der Waals surface area (Å²) in [6.45, 7) is 4.44. The predicted octanol–water partition coefficient (Wildman–Crippen LogP) is 3.94. The Hall–Kier alpha value is -3.08. The van der Waals surface area contributed by atoms with Crippen LogP contribution in [-0.2, 0) is 0 Å². The summed E-state index contributed by atoms with van der Waals surface area (Å²) in [6.07, 6.45) is 0. The second kappa shape index (κ2) is 6.58. The van der Waals surface area contributed by atoms with E-state index in [1.807, 2.05) is 62.4 Å². The molecule has 0 aliphatic rings. The van der Waals surface area contributed by atoms with Crippen LogP contribution in [0.4, 0.5) is 0 Å². The van der Waals surface area contributed by atoms with Gasteiger partial charge in [0.05, 0.1) is 18.0 Å². The lowest BCUT2D eigenvalue weighted by Gasteiger charge is -2.12. The second-order valence-electron chi connectivity index (χ2n) is 5.40. The van der Waals surface area contributed by atoms with Crippen molar-refractivity contribution in [2.45, 2.75) is 13.8 Å². The van der Waals surface area contributed by atoms with Gasteiger partial charge in [0.2, 0.25) is 0 Å². The highest BCUT2D eigenvalue weighted by Crippen LogP contribution is 2.32. The molecule has 0 aliphatic heterocycles. The first-order valence-corrected chi connectivity index (χ1v) is 7.72. The first kappa shape index (κ1) is 15.8. The SMILES string of the molecule is CCOc1ccccc1-c1cc(C(=O)O)nn1-c1ccc(C)cc1. The van der Waals surface area contributed by atoms with E-state index in [1.165, 1.54) is 0 Å². The highest BCUT2D eigenvalue weighted by atomic mass is 16.5. The summed E-state index contributed by atoms with van der Waals surface area (Å²) in [6, 6.07) is 16.9. The lowest BCUT2D eigenvalue weighted by Crippen LogP contribution is -2.03. The molecular formula is C19H18N2O3.